The third kappa shape index (κ3) is 3.50. The van der Waals surface area contributed by atoms with Gasteiger partial charge in [0.15, 0.2) is 17.1 Å². The van der Waals surface area contributed by atoms with Gasteiger partial charge in [-0.15, -0.1) is 0 Å². The van der Waals surface area contributed by atoms with E-state index in [1.165, 1.54) is 0 Å². The van der Waals surface area contributed by atoms with Crippen LogP contribution in [0.1, 0.15) is 0 Å². The van der Waals surface area contributed by atoms with Crippen LogP contribution >= 0.6 is 0 Å². The Bertz CT molecular complexity index is 3480. The van der Waals surface area contributed by atoms with E-state index < -0.39 is 0 Å². The highest BCUT2D eigenvalue weighted by atomic mass is 15.2. The first kappa shape index (κ1) is 29.3. The third-order valence-electron chi connectivity index (χ3n) is 11.8. The van der Waals surface area contributed by atoms with Gasteiger partial charge in [0.05, 0.1) is 32.8 Å². The summed E-state index contributed by atoms with van der Waals surface area (Å²) in [6.45, 7) is -0.139. The lowest BCUT2D eigenvalue weighted by atomic mass is 9.34. The van der Waals surface area contributed by atoms with E-state index in [2.05, 4.69) is 91.1 Å². The molecule has 0 bridgehead atoms. The van der Waals surface area contributed by atoms with E-state index in [0.29, 0.717) is 5.82 Å². The van der Waals surface area contributed by atoms with Crippen molar-refractivity contribution in [3.05, 3.63) is 141 Å². The monoisotopic (exact) mass is 730 g/mol. The van der Waals surface area contributed by atoms with Crippen molar-refractivity contribution in [1.29, 1.82) is 0 Å². The van der Waals surface area contributed by atoms with Crippen LogP contribution in [0, 0.1) is 0 Å². The number of benzene rings is 3. The maximum Gasteiger partial charge on any atom is 0.252 e. The lowest BCUT2D eigenvalue weighted by Gasteiger charge is -2.33. The van der Waals surface area contributed by atoms with Crippen molar-refractivity contribution in [2.45, 2.75) is 0 Å². The molecule has 0 N–H and O–H groups in total. The second-order valence-electron chi connectivity index (χ2n) is 14.5. The van der Waals surface area contributed by atoms with Crippen molar-refractivity contribution in [1.82, 2.24) is 58.1 Å². The number of para-hydroxylation sites is 2. The van der Waals surface area contributed by atoms with Crippen LogP contribution in [0.5, 0.6) is 0 Å². The van der Waals surface area contributed by atoms with E-state index in [4.69, 9.17) is 39.9 Å². The predicted molar refractivity (Wildman–Crippen MR) is 221 cm³/mol. The molecule has 0 aliphatic carbocycles. The summed E-state index contributed by atoms with van der Waals surface area (Å²) in [4.78, 5) is 39.6. The van der Waals surface area contributed by atoms with Crippen LogP contribution in [0.4, 0.5) is 0 Å². The second-order valence-corrected chi connectivity index (χ2v) is 14.5. The Hall–Kier alpha value is -8.06. The third-order valence-corrected chi connectivity index (χ3v) is 11.8. The minimum Gasteiger partial charge on any atom is -0.294 e. The number of aromatic nitrogens is 12. The van der Waals surface area contributed by atoms with Crippen molar-refractivity contribution in [3.63, 3.8) is 0 Å². The predicted octanol–water partition coefficient (Wildman–Crippen LogP) is 5.74. The van der Waals surface area contributed by atoms with E-state index in [9.17, 15) is 0 Å². The van der Waals surface area contributed by atoms with Crippen molar-refractivity contribution < 1.29 is 0 Å². The van der Waals surface area contributed by atoms with Gasteiger partial charge in [0, 0.05) is 77.9 Å². The average molecular weight is 731 g/mol. The lowest BCUT2D eigenvalue weighted by Crippen LogP contribution is -2.59. The molecule has 11 heterocycles. The molecule has 0 spiro atoms. The van der Waals surface area contributed by atoms with Gasteiger partial charge in [-0.25, -0.2) is 19.9 Å². The molecule has 0 saturated carbocycles. The van der Waals surface area contributed by atoms with Crippen LogP contribution < -0.4 is 16.4 Å². The molecular weight excluding hydrogens is 707 g/mol. The summed E-state index contributed by atoms with van der Waals surface area (Å²) in [5.74, 6) is 0.625. The summed E-state index contributed by atoms with van der Waals surface area (Å²) < 4.78 is 9.20. The van der Waals surface area contributed by atoms with Crippen LogP contribution in [-0.4, -0.2) is 64.9 Å². The number of hydrogen-bond donors (Lipinski definition) is 0. The Balaban J connectivity index is 1.24. The first-order valence-electron chi connectivity index (χ1n) is 18.7. The smallest absolute Gasteiger partial charge is 0.252 e. The van der Waals surface area contributed by atoms with Gasteiger partial charge in [-0.1, -0.05) is 36.4 Å². The Labute approximate surface area is 321 Å². The molecule has 12 nitrogen and oxygen atoms in total. The summed E-state index contributed by atoms with van der Waals surface area (Å²) in [5, 5.41) is 1.91. The normalized spacial score (nSPS) is 12.9. The Morgan fingerprint density at radius 3 is 1.39 bits per heavy atom. The molecule has 14 rings (SSSR count). The standard InChI is InChI=1S/C44H23BN12/c1-3-8-25(9-4-1)54-41-36(48-18-20-52-41)31-34-38-27(12-16-46-34)45-28-13-17-47-35-32-37-42(53-21-19-49-37)55(26-10-5-2-6-11-26)44(32)57(39(28)35)30-23-24(40-50-14-7-15-51-40)22-29(33(30)45)56(38)43(31)54/h1-23H. The highest BCUT2D eigenvalue weighted by Crippen LogP contribution is 2.44. The summed E-state index contributed by atoms with van der Waals surface area (Å²) in [6.07, 6.45) is 14.5. The molecule has 57 heavy (non-hydrogen) atoms. The first-order chi connectivity index (χ1) is 28.3. The zero-order chi connectivity index (χ0) is 36.9. The molecule has 262 valence electrons. The van der Waals surface area contributed by atoms with Crippen LogP contribution in [0.3, 0.4) is 0 Å². The molecule has 0 amide bonds. The number of hydrogen-bond acceptors (Lipinski definition) is 8. The second kappa shape index (κ2) is 10.4. The molecule has 0 atom stereocenters. The molecule has 0 fully saturated rings. The SMILES string of the molecule is c1ccc(-n2c3nccnc3c3c4nccc5c4n(c32)-c2cc(-c3ncccn3)cc3c2B5c2ccnc4c5c6nccnc6n(-c6ccccc6)c5n-3c24)cc1. The minimum atomic E-state index is -0.139. The van der Waals surface area contributed by atoms with E-state index in [1.54, 1.807) is 37.2 Å². The highest BCUT2D eigenvalue weighted by Gasteiger charge is 2.43. The molecule has 0 saturated heterocycles. The van der Waals surface area contributed by atoms with Crippen molar-refractivity contribution >= 4 is 89.6 Å². The fourth-order valence-electron chi connectivity index (χ4n) is 9.75. The van der Waals surface area contributed by atoms with Gasteiger partial charge >= 0.3 is 0 Å². The molecule has 0 radical (unpaired) electrons. The lowest BCUT2D eigenvalue weighted by molar-refractivity contribution is 1.03. The number of rotatable bonds is 3. The molecule has 13 heteroatoms. The topological polar surface area (TPSA) is 123 Å². The van der Waals surface area contributed by atoms with Crippen molar-refractivity contribution in [3.8, 4) is 34.1 Å². The van der Waals surface area contributed by atoms with Crippen LogP contribution in [0.15, 0.2) is 141 Å². The zero-order valence-electron chi connectivity index (χ0n) is 29.7. The van der Waals surface area contributed by atoms with Crippen LogP contribution in [-0.2, 0) is 0 Å². The fourth-order valence-corrected chi connectivity index (χ4v) is 9.75. The average Bonchev–Trinajstić information content (AvgIpc) is 4.00. The van der Waals surface area contributed by atoms with Gasteiger partial charge in [-0.05, 0) is 71.0 Å². The number of fused-ring (bicyclic) bond motifs is 14. The number of pyridine rings is 2. The van der Waals surface area contributed by atoms with Gasteiger partial charge in [0.25, 0.3) is 6.71 Å². The summed E-state index contributed by atoms with van der Waals surface area (Å²) in [5.41, 5.74) is 17.2. The van der Waals surface area contributed by atoms with Gasteiger partial charge < -0.3 is 0 Å². The molecule has 9 aromatic heterocycles. The molecule has 2 aliphatic rings. The van der Waals surface area contributed by atoms with E-state index in [-0.39, 0.29) is 6.71 Å². The van der Waals surface area contributed by atoms with Gasteiger partial charge in [0.1, 0.15) is 22.3 Å². The largest absolute Gasteiger partial charge is 0.294 e. The summed E-state index contributed by atoms with van der Waals surface area (Å²) >= 11 is 0. The van der Waals surface area contributed by atoms with E-state index >= 15 is 0 Å². The summed E-state index contributed by atoms with van der Waals surface area (Å²) in [7, 11) is 0. The van der Waals surface area contributed by atoms with Crippen molar-refractivity contribution in [2.75, 3.05) is 0 Å². The van der Waals surface area contributed by atoms with Crippen molar-refractivity contribution in [2.24, 2.45) is 0 Å². The van der Waals surface area contributed by atoms with E-state index in [0.717, 1.165) is 111 Å². The van der Waals surface area contributed by atoms with Crippen LogP contribution in [0.2, 0.25) is 0 Å². The van der Waals surface area contributed by atoms with E-state index in [1.807, 2.05) is 30.6 Å². The van der Waals surface area contributed by atoms with Gasteiger partial charge in [-0.3, -0.25) is 38.2 Å². The molecule has 12 aromatic rings. The zero-order valence-corrected chi connectivity index (χ0v) is 29.7. The number of nitrogens with zero attached hydrogens (tertiary/aromatic N) is 12. The molecular formula is C44H23BN12. The summed E-state index contributed by atoms with van der Waals surface area (Å²) in [6, 6.07) is 31.4. The Morgan fingerprint density at radius 2 is 0.877 bits per heavy atom. The first-order valence-corrected chi connectivity index (χ1v) is 18.7. The maximum atomic E-state index is 5.13. The van der Waals surface area contributed by atoms with Crippen LogP contribution in [0.25, 0.3) is 101 Å². The quantitative estimate of drug-likeness (QED) is 0.211. The fraction of sp³-hybridized carbons (Fsp3) is 0. The Kier molecular flexibility index (Phi) is 5.33. The highest BCUT2D eigenvalue weighted by molar-refractivity contribution is 7.00. The Morgan fingerprint density at radius 1 is 0.404 bits per heavy atom. The molecule has 3 aromatic carbocycles. The molecule has 2 aliphatic heterocycles. The maximum absolute atomic E-state index is 5.13. The van der Waals surface area contributed by atoms with Gasteiger partial charge in [0.2, 0.25) is 0 Å². The van der Waals surface area contributed by atoms with Gasteiger partial charge in [-0.2, -0.15) is 0 Å². The molecule has 0 unspecified atom stereocenters. The minimum absolute atomic E-state index is 0.139.